The summed E-state index contributed by atoms with van der Waals surface area (Å²) in [5.41, 5.74) is 3.28. The van der Waals surface area contributed by atoms with Crippen LogP contribution in [-0.2, 0) is 4.79 Å². The zero-order valence-corrected chi connectivity index (χ0v) is 12.2. The summed E-state index contributed by atoms with van der Waals surface area (Å²) >= 11 is 0. The molecular weight excluding hydrogens is 236 g/mol. The molecular formula is C16H24N2O. The number of rotatable bonds is 3. The minimum absolute atomic E-state index is 0.0968. The van der Waals surface area contributed by atoms with Gasteiger partial charge in [0.1, 0.15) is 0 Å². The molecule has 0 radical (unpaired) electrons. The van der Waals surface area contributed by atoms with Crippen LogP contribution in [0.1, 0.15) is 30.9 Å². The van der Waals surface area contributed by atoms with Crippen molar-refractivity contribution in [3.05, 3.63) is 29.3 Å². The molecule has 1 fully saturated rings. The highest BCUT2D eigenvalue weighted by Crippen LogP contribution is 2.16. The molecule has 1 aliphatic rings. The molecule has 1 aromatic carbocycles. The van der Waals surface area contributed by atoms with Gasteiger partial charge in [0, 0.05) is 5.69 Å². The fraction of sp³-hybridized carbons (Fsp3) is 0.562. The lowest BCUT2D eigenvalue weighted by Gasteiger charge is -2.29. The summed E-state index contributed by atoms with van der Waals surface area (Å²) in [7, 11) is 0. The van der Waals surface area contributed by atoms with Gasteiger partial charge in [-0.05, 0) is 69.0 Å². The van der Waals surface area contributed by atoms with E-state index >= 15 is 0 Å². The largest absolute Gasteiger partial charge is 0.325 e. The van der Waals surface area contributed by atoms with Gasteiger partial charge in [0.25, 0.3) is 0 Å². The van der Waals surface area contributed by atoms with Crippen LogP contribution in [0, 0.1) is 19.8 Å². The summed E-state index contributed by atoms with van der Waals surface area (Å²) in [4.78, 5) is 14.3. The van der Waals surface area contributed by atoms with Crippen LogP contribution in [0.15, 0.2) is 18.2 Å². The van der Waals surface area contributed by atoms with Crippen LogP contribution in [0.2, 0.25) is 0 Å². The van der Waals surface area contributed by atoms with Gasteiger partial charge in [0.05, 0.1) is 6.54 Å². The van der Waals surface area contributed by atoms with Gasteiger partial charge in [0.2, 0.25) is 5.91 Å². The Bertz CT molecular complexity index is 428. The highest BCUT2D eigenvalue weighted by molar-refractivity contribution is 5.92. The number of likely N-dealkylation sites (tertiary alicyclic amines) is 1. The Morgan fingerprint density at radius 2 is 1.79 bits per heavy atom. The van der Waals surface area contributed by atoms with E-state index in [1.165, 1.54) is 24.0 Å². The zero-order chi connectivity index (χ0) is 13.8. The van der Waals surface area contributed by atoms with Gasteiger partial charge in [0.15, 0.2) is 0 Å². The van der Waals surface area contributed by atoms with Crippen molar-refractivity contribution in [1.82, 2.24) is 4.90 Å². The summed E-state index contributed by atoms with van der Waals surface area (Å²) in [5, 5.41) is 3.00. The Hall–Kier alpha value is -1.35. The van der Waals surface area contributed by atoms with Crippen molar-refractivity contribution in [3.8, 4) is 0 Å². The number of anilines is 1. The van der Waals surface area contributed by atoms with E-state index in [1.807, 2.05) is 12.1 Å². The fourth-order valence-electron chi connectivity index (χ4n) is 2.67. The van der Waals surface area contributed by atoms with E-state index < -0.39 is 0 Å². The molecule has 0 bridgehead atoms. The minimum atomic E-state index is 0.0968. The highest BCUT2D eigenvalue weighted by atomic mass is 16.2. The quantitative estimate of drug-likeness (QED) is 0.906. The number of carbonyl (C=O) groups excluding carboxylic acids is 1. The molecule has 3 nitrogen and oxygen atoms in total. The van der Waals surface area contributed by atoms with Crippen LogP contribution in [0.3, 0.4) is 0 Å². The molecule has 0 spiro atoms. The second-order valence-corrected chi connectivity index (χ2v) is 5.88. The van der Waals surface area contributed by atoms with E-state index in [9.17, 15) is 4.79 Å². The first-order valence-electron chi connectivity index (χ1n) is 7.13. The number of amides is 1. The van der Waals surface area contributed by atoms with E-state index in [2.05, 4.69) is 37.1 Å². The van der Waals surface area contributed by atoms with Crippen LogP contribution < -0.4 is 5.32 Å². The Morgan fingerprint density at radius 3 is 2.37 bits per heavy atom. The van der Waals surface area contributed by atoms with Crippen molar-refractivity contribution in [2.24, 2.45) is 5.92 Å². The second-order valence-electron chi connectivity index (χ2n) is 5.88. The predicted octanol–water partition coefficient (Wildman–Crippen LogP) is 2.97. The van der Waals surface area contributed by atoms with E-state index in [4.69, 9.17) is 0 Å². The van der Waals surface area contributed by atoms with Crippen molar-refractivity contribution in [2.75, 3.05) is 25.0 Å². The van der Waals surface area contributed by atoms with Crippen molar-refractivity contribution < 1.29 is 4.79 Å². The normalized spacial score (nSPS) is 17.4. The number of benzene rings is 1. The van der Waals surface area contributed by atoms with E-state index in [0.29, 0.717) is 6.54 Å². The standard InChI is InChI=1S/C16H24N2O/c1-12-4-6-18(7-5-12)11-16(19)17-15-9-13(2)8-14(3)10-15/h8-10,12H,4-7,11H2,1-3H3,(H,17,19). The zero-order valence-electron chi connectivity index (χ0n) is 12.2. The lowest BCUT2D eigenvalue weighted by molar-refractivity contribution is -0.117. The third-order valence-electron chi connectivity index (χ3n) is 3.75. The van der Waals surface area contributed by atoms with Crippen molar-refractivity contribution in [3.63, 3.8) is 0 Å². The lowest BCUT2D eigenvalue weighted by atomic mass is 9.99. The van der Waals surface area contributed by atoms with Crippen molar-refractivity contribution in [1.29, 1.82) is 0 Å². The predicted molar refractivity (Wildman–Crippen MR) is 79.4 cm³/mol. The number of hydrogen-bond acceptors (Lipinski definition) is 2. The Kier molecular flexibility index (Phi) is 4.59. The van der Waals surface area contributed by atoms with Crippen LogP contribution >= 0.6 is 0 Å². The maximum absolute atomic E-state index is 12.0. The van der Waals surface area contributed by atoms with Gasteiger partial charge in [-0.3, -0.25) is 9.69 Å². The first-order chi connectivity index (χ1) is 9.02. The van der Waals surface area contributed by atoms with Gasteiger partial charge in [-0.2, -0.15) is 0 Å². The molecule has 3 heteroatoms. The first kappa shape index (κ1) is 14.1. The summed E-state index contributed by atoms with van der Waals surface area (Å²) in [5.74, 6) is 0.901. The Balaban J connectivity index is 1.87. The summed E-state index contributed by atoms with van der Waals surface area (Å²) in [6.45, 7) is 8.98. The summed E-state index contributed by atoms with van der Waals surface area (Å²) in [6, 6.07) is 6.15. The molecule has 104 valence electrons. The van der Waals surface area contributed by atoms with Crippen LogP contribution in [0.25, 0.3) is 0 Å². The molecule has 19 heavy (non-hydrogen) atoms. The number of nitrogens with zero attached hydrogens (tertiary/aromatic N) is 1. The molecule has 0 saturated carbocycles. The molecule has 1 aromatic rings. The smallest absolute Gasteiger partial charge is 0.238 e. The number of hydrogen-bond donors (Lipinski definition) is 1. The number of piperidine rings is 1. The van der Waals surface area contributed by atoms with Gasteiger partial charge in [-0.15, -0.1) is 0 Å². The monoisotopic (exact) mass is 260 g/mol. The molecule has 1 heterocycles. The SMILES string of the molecule is Cc1cc(C)cc(NC(=O)CN2CCC(C)CC2)c1. The summed E-state index contributed by atoms with van der Waals surface area (Å²) in [6.07, 6.45) is 2.41. The average Bonchev–Trinajstić information content (AvgIpc) is 2.30. The maximum atomic E-state index is 12.0. The van der Waals surface area contributed by atoms with Gasteiger partial charge in [-0.25, -0.2) is 0 Å². The molecule has 1 saturated heterocycles. The van der Waals surface area contributed by atoms with E-state index in [1.54, 1.807) is 0 Å². The van der Waals surface area contributed by atoms with Crippen molar-refractivity contribution >= 4 is 11.6 Å². The third kappa shape index (κ3) is 4.35. The van der Waals surface area contributed by atoms with Crippen molar-refractivity contribution in [2.45, 2.75) is 33.6 Å². The number of nitrogens with one attached hydrogen (secondary N) is 1. The van der Waals surface area contributed by atoms with E-state index in [0.717, 1.165) is 24.7 Å². The van der Waals surface area contributed by atoms with Crippen LogP contribution in [-0.4, -0.2) is 30.4 Å². The highest BCUT2D eigenvalue weighted by Gasteiger charge is 2.17. The Morgan fingerprint density at radius 1 is 1.21 bits per heavy atom. The Labute approximate surface area is 116 Å². The number of aryl methyl sites for hydroxylation is 2. The van der Waals surface area contributed by atoms with Gasteiger partial charge in [-0.1, -0.05) is 13.0 Å². The average molecular weight is 260 g/mol. The molecule has 0 atom stereocenters. The molecule has 0 unspecified atom stereocenters. The van der Waals surface area contributed by atoms with Crippen LogP contribution in [0.4, 0.5) is 5.69 Å². The molecule has 0 aromatic heterocycles. The maximum Gasteiger partial charge on any atom is 0.238 e. The molecule has 1 N–H and O–H groups in total. The van der Waals surface area contributed by atoms with E-state index in [-0.39, 0.29) is 5.91 Å². The summed E-state index contributed by atoms with van der Waals surface area (Å²) < 4.78 is 0. The van der Waals surface area contributed by atoms with Gasteiger partial charge < -0.3 is 5.32 Å². The molecule has 2 rings (SSSR count). The topological polar surface area (TPSA) is 32.3 Å². The molecule has 1 aliphatic heterocycles. The lowest BCUT2D eigenvalue weighted by Crippen LogP contribution is -2.38. The number of carbonyl (C=O) groups is 1. The first-order valence-corrected chi connectivity index (χ1v) is 7.13. The minimum Gasteiger partial charge on any atom is -0.325 e. The second kappa shape index (κ2) is 6.20. The molecule has 0 aliphatic carbocycles. The molecule has 1 amide bonds. The van der Waals surface area contributed by atoms with Crippen LogP contribution in [0.5, 0.6) is 0 Å². The third-order valence-corrected chi connectivity index (χ3v) is 3.75. The fourth-order valence-corrected chi connectivity index (χ4v) is 2.67. The van der Waals surface area contributed by atoms with Gasteiger partial charge >= 0.3 is 0 Å².